The summed E-state index contributed by atoms with van der Waals surface area (Å²) in [7, 11) is -1.74. The predicted octanol–water partition coefficient (Wildman–Crippen LogP) is 3.45. The Kier molecular flexibility index (Phi) is 7.79. The van der Waals surface area contributed by atoms with Crippen molar-refractivity contribution in [1.82, 2.24) is 0 Å². The minimum absolute atomic E-state index is 0.349. The summed E-state index contributed by atoms with van der Waals surface area (Å²) >= 11 is 0. The van der Waals surface area contributed by atoms with Crippen molar-refractivity contribution in [3.8, 4) is 0 Å². The van der Waals surface area contributed by atoms with Crippen molar-refractivity contribution in [3.05, 3.63) is 30.3 Å². The van der Waals surface area contributed by atoms with Gasteiger partial charge in [0.15, 0.2) is 35.7 Å². The number of hydrogen-bond donors (Lipinski definition) is 0. The lowest BCUT2D eigenvalue weighted by Gasteiger charge is -2.34. The molecule has 6 heterocycles. The van der Waals surface area contributed by atoms with E-state index in [-0.39, 0.29) is 12.2 Å². The van der Waals surface area contributed by atoms with Crippen molar-refractivity contribution >= 4 is 13.7 Å². The molecule has 12 nitrogen and oxygen atoms in total. The average molecular weight is 627 g/mol. The van der Waals surface area contributed by atoms with Crippen molar-refractivity contribution in [2.75, 3.05) is 13.2 Å². The van der Waals surface area contributed by atoms with Gasteiger partial charge in [0.05, 0.1) is 13.2 Å². The quantitative estimate of drug-likeness (QED) is 0.414. The van der Waals surface area contributed by atoms with Gasteiger partial charge in [0, 0.05) is 5.30 Å². The molecule has 0 N–H and O–H groups in total. The van der Waals surface area contributed by atoms with Gasteiger partial charge < -0.3 is 56.4 Å². The van der Waals surface area contributed by atoms with Crippen LogP contribution in [0, 0.1) is 0 Å². The highest BCUT2D eigenvalue weighted by Gasteiger charge is 2.62. The molecule has 0 radical (unpaired) electrons. The standard InChI is InChI=1S/C30H43O12P/c1-27(2)31-14-17(35-27)19-21(23-25(33-19)39-29(5,6)37-23)41-43(16-12-10-9-11-13-16)42-22-20(18-15-32-28(3,4)36-18)34-26-24(22)38-30(7,8)40-26/h9-13,17-26H,14-15H2,1-8H3/t17-,18-,19-,20-,21+,22+,23-,24-,25-,26-/m1/s1. The first kappa shape index (κ1) is 30.8. The van der Waals surface area contributed by atoms with E-state index in [2.05, 4.69) is 0 Å². The van der Waals surface area contributed by atoms with E-state index in [0.717, 1.165) is 5.30 Å². The summed E-state index contributed by atoms with van der Waals surface area (Å²) in [6.07, 6.45) is -5.27. The summed E-state index contributed by atoms with van der Waals surface area (Å²) in [4.78, 5) is 0. The Hall–Kier alpha value is -0.830. The third kappa shape index (κ3) is 6.17. The SMILES string of the molecule is CC1(C)O[C@H]2O[C@H]([C@H]3COC(C)(C)O3)[C@H](OP(O[C@@H]3[C@H]4OC(C)(C)O[C@H]4O[C@@H]3[C@H]3COC(C)(C)O3)c3ccccc3)[C@H]2O1. The van der Waals surface area contributed by atoms with Crippen LogP contribution in [0.5, 0.6) is 0 Å². The maximum atomic E-state index is 6.97. The zero-order valence-electron chi connectivity index (χ0n) is 25.9. The number of benzene rings is 1. The number of ether oxygens (including phenoxy) is 10. The molecule has 0 amide bonds. The molecule has 0 unspecified atom stereocenters. The highest BCUT2D eigenvalue weighted by molar-refractivity contribution is 7.56. The Morgan fingerprint density at radius 1 is 0.558 bits per heavy atom. The maximum Gasteiger partial charge on any atom is 0.206 e. The van der Waals surface area contributed by atoms with Gasteiger partial charge in [-0.1, -0.05) is 18.2 Å². The fourth-order valence-electron chi connectivity index (χ4n) is 6.52. The van der Waals surface area contributed by atoms with Crippen LogP contribution in [0.1, 0.15) is 55.4 Å². The topological polar surface area (TPSA) is 111 Å². The molecule has 0 spiro atoms. The van der Waals surface area contributed by atoms with E-state index in [9.17, 15) is 0 Å². The monoisotopic (exact) mass is 626 g/mol. The molecule has 0 saturated carbocycles. The van der Waals surface area contributed by atoms with Gasteiger partial charge in [-0.2, -0.15) is 0 Å². The maximum absolute atomic E-state index is 6.97. The summed E-state index contributed by atoms with van der Waals surface area (Å²) in [5.74, 6) is -3.17. The van der Waals surface area contributed by atoms with Gasteiger partial charge in [-0.05, 0) is 67.5 Å². The van der Waals surface area contributed by atoms with E-state index in [4.69, 9.17) is 56.4 Å². The van der Waals surface area contributed by atoms with Crippen molar-refractivity contribution in [3.63, 3.8) is 0 Å². The van der Waals surface area contributed by atoms with E-state index >= 15 is 0 Å². The number of hydrogen-bond acceptors (Lipinski definition) is 12. The molecule has 6 saturated heterocycles. The molecule has 240 valence electrons. The third-order valence-electron chi connectivity index (χ3n) is 8.25. The van der Waals surface area contributed by atoms with Crippen LogP contribution >= 0.6 is 8.38 Å². The van der Waals surface area contributed by atoms with Gasteiger partial charge in [-0.3, -0.25) is 0 Å². The number of fused-ring (bicyclic) bond motifs is 2. The van der Waals surface area contributed by atoms with Crippen LogP contribution in [0.15, 0.2) is 30.3 Å². The van der Waals surface area contributed by atoms with Gasteiger partial charge in [-0.15, -0.1) is 0 Å². The van der Waals surface area contributed by atoms with Crippen LogP contribution in [0.25, 0.3) is 0 Å². The molecule has 0 aromatic heterocycles. The Morgan fingerprint density at radius 3 is 1.40 bits per heavy atom. The van der Waals surface area contributed by atoms with Crippen LogP contribution in [0.4, 0.5) is 0 Å². The zero-order valence-corrected chi connectivity index (χ0v) is 26.8. The Bertz CT molecular complexity index is 1090. The molecule has 6 fully saturated rings. The van der Waals surface area contributed by atoms with Gasteiger partial charge in [0.1, 0.15) is 48.8 Å². The van der Waals surface area contributed by atoms with E-state index in [1.54, 1.807) is 0 Å². The van der Waals surface area contributed by atoms with Crippen LogP contribution in [0.3, 0.4) is 0 Å². The minimum atomic E-state index is -1.74. The molecule has 1 aromatic carbocycles. The van der Waals surface area contributed by atoms with Gasteiger partial charge >= 0.3 is 0 Å². The van der Waals surface area contributed by atoms with E-state index in [1.165, 1.54) is 0 Å². The molecule has 1 aromatic rings. The Balaban J connectivity index is 1.19. The van der Waals surface area contributed by atoms with Crippen LogP contribution in [-0.4, -0.2) is 97.8 Å². The van der Waals surface area contributed by atoms with Crippen molar-refractivity contribution in [1.29, 1.82) is 0 Å². The largest absolute Gasteiger partial charge is 0.348 e. The second-order valence-corrected chi connectivity index (χ2v) is 15.1. The molecular formula is C30H43O12P. The summed E-state index contributed by atoms with van der Waals surface area (Å²) in [5.41, 5.74) is 0. The zero-order chi connectivity index (χ0) is 30.4. The van der Waals surface area contributed by atoms with E-state index in [0.29, 0.717) is 13.2 Å². The normalized spacial score (nSPS) is 43.8. The molecule has 13 heteroatoms. The lowest BCUT2D eigenvalue weighted by atomic mass is 10.1. The summed E-state index contributed by atoms with van der Waals surface area (Å²) < 4.78 is 75.9. The first-order valence-electron chi connectivity index (χ1n) is 15.0. The van der Waals surface area contributed by atoms with E-state index in [1.807, 2.05) is 85.7 Å². The second kappa shape index (κ2) is 10.9. The average Bonchev–Trinajstić information content (AvgIpc) is 3.72. The molecule has 7 rings (SSSR count). The van der Waals surface area contributed by atoms with Crippen LogP contribution < -0.4 is 5.30 Å². The minimum Gasteiger partial charge on any atom is -0.348 e. The van der Waals surface area contributed by atoms with Gasteiger partial charge in [0.25, 0.3) is 0 Å². The van der Waals surface area contributed by atoms with Crippen molar-refractivity contribution in [2.45, 2.75) is 140 Å². The summed E-state index contributed by atoms with van der Waals surface area (Å²) in [6.45, 7) is 15.7. The van der Waals surface area contributed by atoms with Gasteiger partial charge in [-0.25, -0.2) is 0 Å². The molecule has 6 aliphatic heterocycles. The van der Waals surface area contributed by atoms with E-state index < -0.39 is 80.7 Å². The Labute approximate surface area is 253 Å². The lowest BCUT2D eigenvalue weighted by Crippen LogP contribution is -2.46. The fourth-order valence-corrected chi connectivity index (χ4v) is 8.15. The van der Waals surface area contributed by atoms with Crippen LogP contribution in [-0.2, 0) is 56.4 Å². The van der Waals surface area contributed by atoms with Crippen molar-refractivity contribution < 1.29 is 56.4 Å². The molecule has 0 bridgehead atoms. The first-order chi connectivity index (χ1) is 20.2. The molecular weight excluding hydrogens is 583 g/mol. The fraction of sp³-hybridized carbons (Fsp3) is 0.800. The molecule has 43 heavy (non-hydrogen) atoms. The first-order valence-corrected chi connectivity index (χ1v) is 16.2. The highest BCUT2D eigenvalue weighted by Crippen LogP contribution is 2.52. The highest BCUT2D eigenvalue weighted by atomic mass is 31.2. The molecule has 6 aliphatic rings. The molecule has 0 aliphatic carbocycles. The predicted molar refractivity (Wildman–Crippen MR) is 150 cm³/mol. The van der Waals surface area contributed by atoms with Crippen LogP contribution in [0.2, 0.25) is 0 Å². The smallest absolute Gasteiger partial charge is 0.206 e. The summed E-state index contributed by atoms with van der Waals surface area (Å²) in [5, 5.41) is 0.867. The van der Waals surface area contributed by atoms with Crippen molar-refractivity contribution in [2.24, 2.45) is 0 Å². The Morgan fingerprint density at radius 2 is 1.00 bits per heavy atom. The van der Waals surface area contributed by atoms with Gasteiger partial charge in [0.2, 0.25) is 8.38 Å². The summed E-state index contributed by atoms with van der Waals surface area (Å²) in [6, 6.07) is 9.84. The second-order valence-electron chi connectivity index (χ2n) is 13.6. The lowest BCUT2D eigenvalue weighted by molar-refractivity contribution is -0.232. The molecule has 10 atom stereocenters. The number of rotatable bonds is 7. The third-order valence-corrected chi connectivity index (χ3v) is 9.84.